The number of carboxylic acids is 1. The van der Waals surface area contributed by atoms with Crippen LogP contribution in [0.3, 0.4) is 0 Å². The number of hydrogen-bond acceptors (Lipinski definition) is 3. The number of carbonyl (C=O) groups is 2. The lowest BCUT2D eigenvalue weighted by Crippen LogP contribution is -2.17. The minimum Gasteiger partial charge on any atom is -0.481 e. The van der Waals surface area contributed by atoms with Gasteiger partial charge in [0.25, 0.3) is 0 Å². The van der Waals surface area contributed by atoms with Crippen LogP contribution in [0.2, 0.25) is 0 Å². The molecule has 0 spiro atoms. The van der Waals surface area contributed by atoms with Gasteiger partial charge in [-0.2, -0.15) is 0 Å². The van der Waals surface area contributed by atoms with E-state index in [-0.39, 0.29) is 12.2 Å². The maximum Gasteiger partial charge on any atom is 0.304 e. The normalized spacial score (nSPS) is 11.8. The molecule has 0 fully saturated rings. The molecule has 5 heteroatoms. The summed E-state index contributed by atoms with van der Waals surface area (Å²) in [6.45, 7) is 0. The Hall–Kier alpha value is -2.01. The highest BCUT2D eigenvalue weighted by Gasteiger charge is 2.24. The quantitative estimate of drug-likeness (QED) is 0.852. The number of rotatable bonds is 5. The smallest absolute Gasteiger partial charge is 0.304 e. The predicted molar refractivity (Wildman–Crippen MR) is 77.7 cm³/mol. The molecule has 0 radical (unpaired) electrons. The minimum absolute atomic E-state index is 0.208. The van der Waals surface area contributed by atoms with Crippen molar-refractivity contribution in [2.24, 2.45) is 0 Å². The first-order valence-electron chi connectivity index (χ1n) is 5.99. The third-order valence-corrected chi connectivity index (χ3v) is 3.41. The first-order chi connectivity index (χ1) is 9.58. The molecule has 0 aliphatic heterocycles. The topological polar surface area (TPSA) is 67.3 Å². The van der Waals surface area contributed by atoms with E-state index in [1.165, 1.54) is 0 Å². The number of nitrogens with zero attached hydrogens (tertiary/aromatic N) is 1. The highest BCUT2D eigenvalue weighted by molar-refractivity contribution is 9.10. The molecule has 0 amide bonds. The van der Waals surface area contributed by atoms with Gasteiger partial charge in [0, 0.05) is 22.4 Å². The second-order valence-electron chi connectivity index (χ2n) is 4.31. The van der Waals surface area contributed by atoms with Crippen molar-refractivity contribution in [3.05, 3.63) is 64.4 Å². The maximum absolute atomic E-state index is 12.5. The number of pyridine rings is 1. The molecule has 4 nitrogen and oxygen atoms in total. The van der Waals surface area contributed by atoms with Crippen LogP contribution in [0.1, 0.15) is 28.3 Å². The molecule has 1 heterocycles. The fourth-order valence-corrected chi connectivity index (χ4v) is 2.37. The van der Waals surface area contributed by atoms with Gasteiger partial charge in [-0.05, 0) is 29.8 Å². The summed E-state index contributed by atoms with van der Waals surface area (Å²) in [7, 11) is 0. The van der Waals surface area contributed by atoms with Gasteiger partial charge in [-0.25, -0.2) is 0 Å². The number of carbonyl (C=O) groups excluding carboxylic acids is 1. The summed E-state index contributed by atoms with van der Waals surface area (Å²) in [6, 6.07) is 10.3. The molecule has 1 aromatic heterocycles. The Morgan fingerprint density at radius 3 is 2.50 bits per heavy atom. The highest BCUT2D eigenvalue weighted by atomic mass is 79.9. The van der Waals surface area contributed by atoms with E-state index in [0.717, 1.165) is 4.47 Å². The summed E-state index contributed by atoms with van der Waals surface area (Å²) in [6.07, 6.45) is 2.87. The molecular weight excluding hydrogens is 322 g/mol. The van der Waals surface area contributed by atoms with Crippen molar-refractivity contribution in [1.82, 2.24) is 4.98 Å². The predicted octanol–water partition coefficient (Wildman–Crippen LogP) is 3.29. The SMILES string of the molecule is O=C(O)CC(C(=O)c1cccc(Br)c1)c1ccncc1. The number of ketones is 1. The minimum atomic E-state index is -1.00. The summed E-state index contributed by atoms with van der Waals surface area (Å²) in [5, 5.41) is 9.02. The number of Topliss-reactive ketones (excluding diaryl/α,β-unsaturated/α-hetero) is 1. The number of carboxylic acid groups (broad SMARTS) is 1. The number of aliphatic carboxylic acids is 1. The molecule has 0 bridgehead atoms. The average molecular weight is 334 g/mol. The molecule has 1 atom stereocenters. The van der Waals surface area contributed by atoms with E-state index in [9.17, 15) is 9.59 Å². The van der Waals surface area contributed by atoms with E-state index in [4.69, 9.17) is 5.11 Å². The highest BCUT2D eigenvalue weighted by Crippen LogP contribution is 2.25. The van der Waals surface area contributed by atoms with Gasteiger partial charge in [0.1, 0.15) is 0 Å². The van der Waals surface area contributed by atoms with E-state index in [1.54, 1.807) is 42.7 Å². The van der Waals surface area contributed by atoms with E-state index >= 15 is 0 Å². The van der Waals surface area contributed by atoms with Gasteiger partial charge in [-0.3, -0.25) is 14.6 Å². The Balaban J connectivity index is 2.36. The number of halogens is 1. The zero-order valence-electron chi connectivity index (χ0n) is 10.5. The van der Waals surface area contributed by atoms with Crippen LogP contribution in [0.15, 0.2) is 53.3 Å². The van der Waals surface area contributed by atoms with Crippen LogP contribution >= 0.6 is 15.9 Å². The first-order valence-corrected chi connectivity index (χ1v) is 6.78. The van der Waals surface area contributed by atoms with Gasteiger partial charge >= 0.3 is 5.97 Å². The van der Waals surface area contributed by atoms with E-state index in [0.29, 0.717) is 11.1 Å². The molecule has 0 aliphatic carbocycles. The zero-order valence-corrected chi connectivity index (χ0v) is 12.1. The first kappa shape index (κ1) is 14.4. The van der Waals surface area contributed by atoms with Gasteiger partial charge in [-0.15, -0.1) is 0 Å². The molecule has 2 aromatic rings. The largest absolute Gasteiger partial charge is 0.481 e. The Morgan fingerprint density at radius 2 is 1.90 bits per heavy atom. The van der Waals surface area contributed by atoms with Crippen LogP contribution in [0, 0.1) is 0 Å². The Morgan fingerprint density at radius 1 is 1.20 bits per heavy atom. The van der Waals surface area contributed by atoms with Gasteiger partial charge in [0.15, 0.2) is 5.78 Å². The lowest BCUT2D eigenvalue weighted by molar-refractivity contribution is -0.137. The summed E-state index contributed by atoms with van der Waals surface area (Å²) in [5.74, 6) is -1.92. The van der Waals surface area contributed by atoms with Crippen molar-refractivity contribution < 1.29 is 14.7 Å². The van der Waals surface area contributed by atoms with Gasteiger partial charge in [0.2, 0.25) is 0 Å². The van der Waals surface area contributed by atoms with Crippen LogP contribution < -0.4 is 0 Å². The summed E-state index contributed by atoms with van der Waals surface area (Å²) >= 11 is 3.31. The van der Waals surface area contributed by atoms with Crippen molar-refractivity contribution in [3.8, 4) is 0 Å². The lowest BCUT2D eigenvalue weighted by Gasteiger charge is -2.14. The van der Waals surface area contributed by atoms with Crippen molar-refractivity contribution >= 4 is 27.7 Å². The maximum atomic E-state index is 12.5. The van der Waals surface area contributed by atoms with Crippen molar-refractivity contribution in [1.29, 1.82) is 0 Å². The molecule has 0 saturated carbocycles. The van der Waals surface area contributed by atoms with Crippen molar-refractivity contribution in [3.63, 3.8) is 0 Å². The molecule has 2 rings (SSSR count). The Bertz CT molecular complexity index is 628. The third-order valence-electron chi connectivity index (χ3n) is 2.91. The molecule has 1 aromatic carbocycles. The van der Waals surface area contributed by atoms with E-state index < -0.39 is 11.9 Å². The summed E-state index contributed by atoms with van der Waals surface area (Å²) in [5.41, 5.74) is 1.15. The van der Waals surface area contributed by atoms with E-state index in [1.807, 2.05) is 6.07 Å². The molecule has 1 N–H and O–H groups in total. The second-order valence-corrected chi connectivity index (χ2v) is 5.22. The van der Waals surface area contributed by atoms with Gasteiger partial charge in [-0.1, -0.05) is 28.1 Å². The molecular formula is C15H12BrNO3. The molecule has 1 unspecified atom stereocenters. The average Bonchev–Trinajstić information content (AvgIpc) is 2.45. The summed E-state index contributed by atoms with van der Waals surface area (Å²) in [4.78, 5) is 27.4. The Kier molecular flexibility index (Phi) is 4.63. The third kappa shape index (κ3) is 3.51. The molecule has 102 valence electrons. The van der Waals surface area contributed by atoms with Crippen LogP contribution in [0.5, 0.6) is 0 Å². The van der Waals surface area contributed by atoms with Gasteiger partial charge in [0.05, 0.1) is 12.3 Å². The van der Waals surface area contributed by atoms with Crippen LogP contribution in [-0.2, 0) is 4.79 Å². The second kappa shape index (κ2) is 6.43. The van der Waals surface area contributed by atoms with Crippen molar-refractivity contribution in [2.75, 3.05) is 0 Å². The number of benzene rings is 1. The van der Waals surface area contributed by atoms with E-state index in [2.05, 4.69) is 20.9 Å². The standard InChI is InChI=1S/C15H12BrNO3/c16-12-3-1-2-11(8-12)15(20)13(9-14(18)19)10-4-6-17-7-5-10/h1-8,13H,9H2,(H,18,19). The van der Waals surface area contributed by atoms with Crippen LogP contribution in [0.25, 0.3) is 0 Å². The number of aromatic nitrogens is 1. The molecule has 0 saturated heterocycles. The van der Waals surface area contributed by atoms with Crippen molar-refractivity contribution in [2.45, 2.75) is 12.3 Å². The Labute approximate surface area is 124 Å². The molecule has 0 aliphatic rings. The summed E-state index contributed by atoms with van der Waals surface area (Å²) < 4.78 is 0.784. The number of hydrogen-bond donors (Lipinski definition) is 1. The van der Waals surface area contributed by atoms with Gasteiger partial charge < -0.3 is 5.11 Å². The fraction of sp³-hybridized carbons (Fsp3) is 0.133. The van der Waals surface area contributed by atoms with Crippen LogP contribution in [-0.4, -0.2) is 21.8 Å². The zero-order chi connectivity index (χ0) is 14.5. The molecule has 20 heavy (non-hydrogen) atoms. The fourth-order valence-electron chi connectivity index (χ4n) is 1.98. The lowest BCUT2D eigenvalue weighted by atomic mass is 9.88. The monoisotopic (exact) mass is 333 g/mol. The van der Waals surface area contributed by atoms with Crippen LogP contribution in [0.4, 0.5) is 0 Å².